The minimum atomic E-state index is 0.152. The predicted octanol–water partition coefficient (Wildman–Crippen LogP) is 1.29. The van der Waals surface area contributed by atoms with Crippen molar-refractivity contribution in [3.63, 3.8) is 0 Å². The summed E-state index contributed by atoms with van der Waals surface area (Å²) >= 11 is 0. The molecule has 1 amide bonds. The van der Waals surface area contributed by atoms with Crippen LogP contribution in [-0.2, 0) is 4.79 Å². The monoisotopic (exact) mass is 210 g/mol. The van der Waals surface area contributed by atoms with Gasteiger partial charge in [0.1, 0.15) is 0 Å². The minimum Gasteiger partial charge on any atom is -0.355 e. The quantitative estimate of drug-likeness (QED) is 0.718. The third kappa shape index (κ3) is 2.71. The summed E-state index contributed by atoms with van der Waals surface area (Å²) in [6, 6.07) is 0.621. The first-order chi connectivity index (χ1) is 7.29. The van der Waals surface area contributed by atoms with Crippen LogP contribution in [0.1, 0.15) is 39.0 Å². The molecular formula is C12H22N2O. The van der Waals surface area contributed by atoms with E-state index in [1.54, 1.807) is 0 Å². The van der Waals surface area contributed by atoms with Gasteiger partial charge in [-0.3, -0.25) is 4.79 Å². The molecule has 3 heteroatoms. The van der Waals surface area contributed by atoms with E-state index in [1.165, 1.54) is 25.7 Å². The van der Waals surface area contributed by atoms with E-state index in [2.05, 4.69) is 17.6 Å². The Morgan fingerprint density at radius 1 is 1.33 bits per heavy atom. The molecule has 2 aliphatic carbocycles. The van der Waals surface area contributed by atoms with Crippen LogP contribution in [0, 0.1) is 11.8 Å². The molecule has 3 atom stereocenters. The highest BCUT2D eigenvalue weighted by atomic mass is 16.1. The molecule has 15 heavy (non-hydrogen) atoms. The fourth-order valence-corrected chi connectivity index (χ4v) is 3.05. The molecule has 3 nitrogen and oxygen atoms in total. The minimum absolute atomic E-state index is 0.152. The lowest BCUT2D eigenvalue weighted by Crippen LogP contribution is -2.41. The molecule has 2 bridgehead atoms. The predicted molar refractivity (Wildman–Crippen MR) is 60.5 cm³/mol. The number of carbonyl (C=O) groups is 1. The summed E-state index contributed by atoms with van der Waals surface area (Å²) in [7, 11) is 0. The zero-order valence-electron chi connectivity index (χ0n) is 9.59. The molecule has 2 aliphatic rings. The van der Waals surface area contributed by atoms with Gasteiger partial charge in [0.2, 0.25) is 5.91 Å². The largest absolute Gasteiger partial charge is 0.355 e. The molecule has 0 spiro atoms. The second-order valence-corrected chi connectivity index (χ2v) is 5.01. The molecule has 0 aromatic rings. The number of fused-ring (bicyclic) bond motifs is 2. The second kappa shape index (κ2) is 4.97. The third-order valence-electron chi connectivity index (χ3n) is 3.84. The Kier molecular flexibility index (Phi) is 3.62. The van der Waals surface area contributed by atoms with Crippen LogP contribution in [0.2, 0.25) is 0 Å². The normalized spacial score (nSPS) is 33.3. The lowest BCUT2D eigenvalue weighted by atomic mass is 9.95. The van der Waals surface area contributed by atoms with Crippen LogP contribution < -0.4 is 10.6 Å². The summed E-state index contributed by atoms with van der Waals surface area (Å²) < 4.78 is 0. The molecule has 0 aromatic carbocycles. The van der Waals surface area contributed by atoms with Gasteiger partial charge in [-0.05, 0) is 37.5 Å². The average molecular weight is 210 g/mol. The van der Waals surface area contributed by atoms with E-state index in [0.717, 1.165) is 24.8 Å². The number of hydrogen-bond acceptors (Lipinski definition) is 2. The first-order valence-electron chi connectivity index (χ1n) is 6.29. The lowest BCUT2D eigenvalue weighted by molar-refractivity contribution is -0.120. The van der Waals surface area contributed by atoms with Crippen LogP contribution in [0.15, 0.2) is 0 Å². The molecule has 0 aromatic heterocycles. The second-order valence-electron chi connectivity index (χ2n) is 5.01. The maximum Gasteiger partial charge on any atom is 0.233 e. The van der Waals surface area contributed by atoms with Gasteiger partial charge in [-0.1, -0.05) is 13.3 Å². The molecule has 2 N–H and O–H groups in total. The van der Waals surface area contributed by atoms with E-state index >= 15 is 0 Å². The molecular weight excluding hydrogens is 188 g/mol. The topological polar surface area (TPSA) is 41.1 Å². The van der Waals surface area contributed by atoms with Crippen molar-refractivity contribution in [2.45, 2.75) is 45.1 Å². The highest BCUT2D eigenvalue weighted by Crippen LogP contribution is 2.44. The van der Waals surface area contributed by atoms with Crippen LogP contribution >= 0.6 is 0 Å². The van der Waals surface area contributed by atoms with E-state index in [-0.39, 0.29) is 5.91 Å². The zero-order valence-corrected chi connectivity index (χ0v) is 9.59. The van der Waals surface area contributed by atoms with E-state index in [1.807, 2.05) is 0 Å². The van der Waals surface area contributed by atoms with Gasteiger partial charge in [-0.2, -0.15) is 0 Å². The van der Waals surface area contributed by atoms with Crippen molar-refractivity contribution in [1.82, 2.24) is 10.6 Å². The molecule has 0 saturated heterocycles. The molecule has 2 saturated carbocycles. The van der Waals surface area contributed by atoms with Gasteiger partial charge in [0.15, 0.2) is 0 Å². The Morgan fingerprint density at radius 2 is 2.20 bits per heavy atom. The van der Waals surface area contributed by atoms with Crippen molar-refractivity contribution >= 4 is 5.91 Å². The molecule has 86 valence electrons. The van der Waals surface area contributed by atoms with Crippen molar-refractivity contribution in [3.8, 4) is 0 Å². The summed E-state index contributed by atoms with van der Waals surface area (Å²) in [5, 5.41) is 6.31. The first kappa shape index (κ1) is 10.9. The maximum atomic E-state index is 11.4. The third-order valence-corrected chi connectivity index (χ3v) is 3.84. The lowest BCUT2D eigenvalue weighted by Gasteiger charge is -2.22. The fraction of sp³-hybridized carbons (Fsp3) is 0.917. The van der Waals surface area contributed by atoms with E-state index in [9.17, 15) is 4.79 Å². The molecule has 2 rings (SSSR count). The number of hydrogen-bond donors (Lipinski definition) is 2. The molecule has 2 fully saturated rings. The van der Waals surface area contributed by atoms with Crippen molar-refractivity contribution in [1.29, 1.82) is 0 Å². The van der Waals surface area contributed by atoms with Gasteiger partial charge in [-0.25, -0.2) is 0 Å². The highest BCUT2D eigenvalue weighted by Gasteiger charge is 2.39. The summed E-state index contributed by atoms with van der Waals surface area (Å²) in [5.74, 6) is 1.96. The summed E-state index contributed by atoms with van der Waals surface area (Å²) in [4.78, 5) is 11.4. The smallest absolute Gasteiger partial charge is 0.233 e. The molecule has 0 aliphatic heterocycles. The average Bonchev–Trinajstić information content (AvgIpc) is 2.84. The SMILES string of the molecule is CCCNC(=O)CNC1CC2CCC1C2. The van der Waals surface area contributed by atoms with Gasteiger partial charge in [0.05, 0.1) is 6.54 Å². The summed E-state index contributed by atoms with van der Waals surface area (Å²) in [6.45, 7) is 3.38. The van der Waals surface area contributed by atoms with Crippen LogP contribution in [0.25, 0.3) is 0 Å². The van der Waals surface area contributed by atoms with Gasteiger partial charge < -0.3 is 10.6 Å². The van der Waals surface area contributed by atoms with Gasteiger partial charge in [0.25, 0.3) is 0 Å². The standard InChI is InChI=1S/C12H22N2O/c1-2-5-13-12(15)8-14-11-7-9-3-4-10(11)6-9/h9-11,14H,2-8H2,1H3,(H,13,15). The number of amides is 1. The molecule has 0 heterocycles. The van der Waals surface area contributed by atoms with Crippen LogP contribution in [0.4, 0.5) is 0 Å². The Bertz CT molecular complexity index is 230. The van der Waals surface area contributed by atoms with Crippen molar-refractivity contribution in [2.75, 3.05) is 13.1 Å². The Labute approximate surface area is 92.0 Å². The first-order valence-corrected chi connectivity index (χ1v) is 6.29. The number of nitrogens with one attached hydrogen (secondary N) is 2. The van der Waals surface area contributed by atoms with Crippen LogP contribution in [-0.4, -0.2) is 25.0 Å². The van der Waals surface area contributed by atoms with Crippen LogP contribution in [0.5, 0.6) is 0 Å². The van der Waals surface area contributed by atoms with Gasteiger partial charge in [-0.15, -0.1) is 0 Å². The van der Waals surface area contributed by atoms with Crippen molar-refractivity contribution in [2.24, 2.45) is 11.8 Å². The van der Waals surface area contributed by atoms with E-state index in [0.29, 0.717) is 12.6 Å². The maximum absolute atomic E-state index is 11.4. The highest BCUT2D eigenvalue weighted by molar-refractivity contribution is 5.77. The van der Waals surface area contributed by atoms with E-state index < -0.39 is 0 Å². The number of carbonyl (C=O) groups excluding carboxylic acids is 1. The van der Waals surface area contributed by atoms with Gasteiger partial charge in [0, 0.05) is 12.6 Å². The van der Waals surface area contributed by atoms with E-state index in [4.69, 9.17) is 0 Å². The Morgan fingerprint density at radius 3 is 2.80 bits per heavy atom. The number of rotatable bonds is 5. The molecule has 0 radical (unpaired) electrons. The van der Waals surface area contributed by atoms with Crippen molar-refractivity contribution in [3.05, 3.63) is 0 Å². The summed E-state index contributed by atoms with van der Waals surface area (Å²) in [5.41, 5.74) is 0. The van der Waals surface area contributed by atoms with Gasteiger partial charge >= 0.3 is 0 Å². The Hall–Kier alpha value is -0.570. The van der Waals surface area contributed by atoms with Crippen molar-refractivity contribution < 1.29 is 4.79 Å². The Balaban J connectivity index is 1.64. The summed E-state index contributed by atoms with van der Waals surface area (Å²) in [6.07, 6.45) is 6.50. The van der Waals surface area contributed by atoms with Crippen LogP contribution in [0.3, 0.4) is 0 Å². The molecule has 3 unspecified atom stereocenters. The zero-order chi connectivity index (χ0) is 10.7. The fourth-order valence-electron chi connectivity index (χ4n) is 3.05.